The summed E-state index contributed by atoms with van der Waals surface area (Å²) in [7, 11) is 0. The number of nitro benzene ring substituents is 1. The molecule has 0 fully saturated rings. The molecule has 24 heavy (non-hydrogen) atoms. The van der Waals surface area contributed by atoms with E-state index in [1.54, 1.807) is 6.20 Å². The largest absolute Gasteiger partial charge is 0.310 e. The van der Waals surface area contributed by atoms with Gasteiger partial charge in [-0.05, 0) is 24.3 Å². The van der Waals surface area contributed by atoms with Gasteiger partial charge in [-0.3, -0.25) is 10.1 Å². The zero-order valence-corrected chi connectivity index (χ0v) is 12.9. The van der Waals surface area contributed by atoms with Gasteiger partial charge in [-0.15, -0.1) is 0 Å². The quantitative estimate of drug-likeness (QED) is 0.624. The third kappa shape index (κ3) is 2.09. The van der Waals surface area contributed by atoms with Crippen molar-refractivity contribution in [3.05, 3.63) is 80.5 Å². The zero-order valence-electron chi connectivity index (χ0n) is 12.1. The van der Waals surface area contributed by atoms with Crippen LogP contribution in [-0.4, -0.2) is 20.5 Å². The number of thioether (sulfide) groups is 1. The van der Waals surface area contributed by atoms with E-state index in [0.717, 1.165) is 15.6 Å². The van der Waals surface area contributed by atoms with Crippen LogP contribution in [-0.2, 0) is 0 Å². The Labute approximate surface area is 140 Å². The normalized spacial score (nSPS) is 18.2. The van der Waals surface area contributed by atoms with Gasteiger partial charge in [-0.1, -0.05) is 28.9 Å². The summed E-state index contributed by atoms with van der Waals surface area (Å²) in [6.45, 7) is 0. The molecule has 1 atom stereocenters. The van der Waals surface area contributed by atoms with Gasteiger partial charge < -0.3 is 4.90 Å². The van der Waals surface area contributed by atoms with E-state index in [1.165, 1.54) is 36.0 Å². The summed E-state index contributed by atoms with van der Waals surface area (Å²) in [5.41, 5.74) is 1.33. The number of fused-ring (bicyclic) bond motifs is 3. The summed E-state index contributed by atoms with van der Waals surface area (Å²) in [6.07, 6.45) is 1.72. The number of nitro groups is 2. The summed E-state index contributed by atoms with van der Waals surface area (Å²) >= 11 is 1.40. The molecule has 2 heterocycles. The van der Waals surface area contributed by atoms with Crippen molar-refractivity contribution < 1.29 is 9.96 Å². The van der Waals surface area contributed by atoms with Gasteiger partial charge >= 0.3 is 0 Å². The Balaban J connectivity index is 1.77. The second kappa shape index (κ2) is 5.24. The smallest absolute Gasteiger partial charge is 0.269 e. The van der Waals surface area contributed by atoms with Gasteiger partial charge in [0.15, 0.2) is 5.03 Å². The Bertz CT molecular complexity index is 883. The monoisotopic (exact) mass is 342 g/mol. The maximum absolute atomic E-state index is 11.6. The number of benzene rings is 2. The van der Waals surface area contributed by atoms with Crippen LogP contribution in [0.3, 0.4) is 0 Å². The minimum Gasteiger partial charge on any atom is -0.310 e. The molecule has 4 rings (SSSR count). The van der Waals surface area contributed by atoms with Crippen LogP contribution < -0.4 is 4.90 Å². The molecule has 2 aliphatic heterocycles. The highest BCUT2D eigenvalue weighted by atomic mass is 32.2. The Morgan fingerprint density at radius 2 is 1.71 bits per heavy atom. The number of hydrogen-bond donors (Lipinski definition) is 0. The third-order valence-corrected chi connectivity index (χ3v) is 5.12. The van der Waals surface area contributed by atoms with Crippen LogP contribution in [0.25, 0.3) is 5.70 Å². The molecular formula is C15H10N4O4S. The highest BCUT2D eigenvalue weighted by Gasteiger charge is 2.46. The lowest BCUT2D eigenvalue weighted by Crippen LogP contribution is -2.38. The van der Waals surface area contributed by atoms with E-state index in [1.807, 2.05) is 29.2 Å². The molecule has 120 valence electrons. The number of hydrogen-bond acceptors (Lipinski definition) is 6. The lowest BCUT2D eigenvalue weighted by Gasteiger charge is -2.19. The van der Waals surface area contributed by atoms with Crippen LogP contribution in [0.4, 0.5) is 11.4 Å². The fraction of sp³-hybridized carbons (Fsp3) is 0.0667. The van der Waals surface area contributed by atoms with E-state index in [2.05, 4.69) is 0 Å². The predicted molar refractivity (Wildman–Crippen MR) is 88.5 cm³/mol. The van der Waals surface area contributed by atoms with Crippen molar-refractivity contribution in [1.29, 1.82) is 0 Å². The third-order valence-electron chi connectivity index (χ3n) is 3.88. The number of non-ortho nitro benzene ring substituents is 1. The molecule has 2 aliphatic rings. The fourth-order valence-corrected chi connectivity index (χ4v) is 4.06. The van der Waals surface area contributed by atoms with Gasteiger partial charge in [0.1, 0.15) is 5.70 Å². The SMILES string of the molecule is O=[N+]([O-])c1ccc(C2=CN3c4ccccc4SC3N2[N+](=O)[O-])cc1. The van der Waals surface area contributed by atoms with E-state index in [4.69, 9.17) is 0 Å². The van der Waals surface area contributed by atoms with E-state index >= 15 is 0 Å². The van der Waals surface area contributed by atoms with Gasteiger partial charge in [0.05, 0.1) is 10.6 Å². The summed E-state index contributed by atoms with van der Waals surface area (Å²) in [5.74, 6) is 0. The molecule has 0 spiro atoms. The Kier molecular flexibility index (Phi) is 3.17. The van der Waals surface area contributed by atoms with E-state index in [0.29, 0.717) is 11.3 Å². The van der Waals surface area contributed by atoms with Crippen molar-refractivity contribution >= 4 is 28.8 Å². The summed E-state index contributed by atoms with van der Waals surface area (Å²) in [4.78, 5) is 24.7. The molecule has 0 aliphatic carbocycles. The standard InChI is InChI=1S/C15H10N4O4S/c20-18(21)11-7-5-10(6-8-11)13-9-16-12-3-1-2-4-14(12)24-15(16)17(13)19(22)23/h1-9,15H. The highest BCUT2D eigenvalue weighted by molar-refractivity contribution is 8.00. The number of rotatable bonds is 3. The van der Waals surface area contributed by atoms with Crippen LogP contribution in [0.1, 0.15) is 5.56 Å². The Hall–Kier alpha value is -3.07. The Morgan fingerprint density at radius 1 is 1.00 bits per heavy atom. The highest BCUT2D eigenvalue weighted by Crippen LogP contribution is 2.50. The lowest BCUT2D eigenvalue weighted by molar-refractivity contribution is -0.635. The molecule has 0 aromatic heterocycles. The van der Waals surface area contributed by atoms with Crippen molar-refractivity contribution in [1.82, 2.24) is 5.01 Å². The first-order chi connectivity index (χ1) is 11.6. The molecule has 9 heteroatoms. The maximum atomic E-state index is 11.6. The van der Waals surface area contributed by atoms with Gasteiger partial charge in [-0.25, -0.2) is 10.1 Å². The lowest BCUT2D eigenvalue weighted by atomic mass is 10.1. The maximum Gasteiger partial charge on any atom is 0.269 e. The molecule has 1 unspecified atom stereocenters. The molecular weight excluding hydrogens is 332 g/mol. The zero-order chi connectivity index (χ0) is 16.8. The Morgan fingerprint density at radius 3 is 2.38 bits per heavy atom. The first-order valence-corrected chi connectivity index (χ1v) is 7.88. The number of nitrogens with zero attached hydrogens (tertiary/aromatic N) is 4. The van der Waals surface area contributed by atoms with Crippen molar-refractivity contribution in [3.63, 3.8) is 0 Å². The van der Waals surface area contributed by atoms with Crippen molar-refractivity contribution in [2.45, 2.75) is 10.4 Å². The van der Waals surface area contributed by atoms with Crippen LogP contribution in [0.15, 0.2) is 59.6 Å². The molecule has 0 bridgehead atoms. The summed E-state index contributed by atoms with van der Waals surface area (Å²) < 4.78 is 0. The second-order valence-corrected chi connectivity index (χ2v) is 6.32. The van der Waals surface area contributed by atoms with Crippen LogP contribution >= 0.6 is 11.8 Å². The van der Waals surface area contributed by atoms with Gasteiger partial charge in [-0.2, -0.15) is 0 Å². The molecule has 2 aromatic carbocycles. The molecule has 2 aromatic rings. The second-order valence-electron chi connectivity index (χ2n) is 5.22. The molecule has 8 nitrogen and oxygen atoms in total. The van der Waals surface area contributed by atoms with Crippen LogP contribution in [0.2, 0.25) is 0 Å². The predicted octanol–water partition coefficient (Wildman–Crippen LogP) is 3.30. The molecule has 0 radical (unpaired) electrons. The minimum atomic E-state index is -0.498. The molecule has 0 saturated heterocycles. The summed E-state index contributed by atoms with van der Waals surface area (Å²) in [5, 5.41) is 23.0. The number of hydrazine groups is 1. The minimum absolute atomic E-state index is 0.0507. The average molecular weight is 342 g/mol. The van der Waals surface area contributed by atoms with Crippen LogP contribution in [0.5, 0.6) is 0 Å². The first kappa shape index (κ1) is 14.5. The summed E-state index contributed by atoms with van der Waals surface area (Å²) in [6, 6.07) is 13.4. The van der Waals surface area contributed by atoms with Gasteiger partial charge in [0.2, 0.25) is 5.50 Å². The van der Waals surface area contributed by atoms with Gasteiger partial charge in [0, 0.05) is 28.8 Å². The number of anilines is 1. The van der Waals surface area contributed by atoms with Crippen LogP contribution in [0, 0.1) is 20.2 Å². The van der Waals surface area contributed by atoms with Crippen molar-refractivity contribution in [2.24, 2.45) is 0 Å². The number of para-hydroxylation sites is 1. The van der Waals surface area contributed by atoms with E-state index < -0.39 is 15.5 Å². The molecule has 0 saturated carbocycles. The van der Waals surface area contributed by atoms with Crippen molar-refractivity contribution in [2.75, 3.05) is 4.90 Å². The first-order valence-electron chi connectivity index (χ1n) is 7.00. The average Bonchev–Trinajstić information content (AvgIpc) is 3.10. The van der Waals surface area contributed by atoms with E-state index in [-0.39, 0.29) is 5.69 Å². The van der Waals surface area contributed by atoms with Crippen molar-refractivity contribution in [3.8, 4) is 0 Å². The fourth-order valence-electron chi connectivity index (χ4n) is 2.80. The topological polar surface area (TPSA) is 92.8 Å². The molecule has 0 amide bonds. The van der Waals surface area contributed by atoms with E-state index in [9.17, 15) is 20.2 Å². The van der Waals surface area contributed by atoms with Gasteiger partial charge in [0.25, 0.3) is 5.69 Å². The molecule has 0 N–H and O–H groups in total.